The standard InChI is InChI=1S/C25H25N5O4/c26-13-17-6-1-2-7-18(17)14-29-22(28-11-5-9-20(27)16-28)12-23(31)30(25(29)34)15-19-8-3-4-10-21(19)24(32)33/h1-4,6-8,10,12,20H,5,9,11,14-16,27H2,(H,32,33). The molecule has 1 atom stereocenters. The molecule has 3 aromatic rings. The van der Waals surface area contributed by atoms with E-state index < -0.39 is 17.2 Å². The van der Waals surface area contributed by atoms with Crippen LogP contribution in [0.25, 0.3) is 0 Å². The lowest BCUT2D eigenvalue weighted by molar-refractivity contribution is 0.0695. The van der Waals surface area contributed by atoms with Crippen LogP contribution in [0, 0.1) is 11.3 Å². The molecule has 9 nitrogen and oxygen atoms in total. The first-order valence-corrected chi connectivity index (χ1v) is 11.0. The number of aromatic nitrogens is 2. The van der Waals surface area contributed by atoms with Gasteiger partial charge in [-0.1, -0.05) is 36.4 Å². The summed E-state index contributed by atoms with van der Waals surface area (Å²) in [7, 11) is 0. The molecular weight excluding hydrogens is 434 g/mol. The molecule has 0 radical (unpaired) electrons. The predicted octanol–water partition coefficient (Wildman–Crippen LogP) is 1.60. The monoisotopic (exact) mass is 459 g/mol. The molecule has 4 rings (SSSR count). The van der Waals surface area contributed by atoms with Gasteiger partial charge in [-0.15, -0.1) is 0 Å². The number of piperidine rings is 1. The Labute approximate surface area is 195 Å². The van der Waals surface area contributed by atoms with Crippen LogP contribution >= 0.6 is 0 Å². The minimum Gasteiger partial charge on any atom is -0.478 e. The molecule has 1 aliphatic heterocycles. The van der Waals surface area contributed by atoms with Crippen molar-refractivity contribution in [1.82, 2.24) is 9.13 Å². The number of benzene rings is 2. The van der Waals surface area contributed by atoms with Crippen molar-refractivity contribution in [1.29, 1.82) is 5.26 Å². The van der Waals surface area contributed by atoms with Crippen LogP contribution in [-0.2, 0) is 13.1 Å². The highest BCUT2D eigenvalue weighted by Gasteiger charge is 2.23. The normalized spacial score (nSPS) is 15.6. The van der Waals surface area contributed by atoms with E-state index >= 15 is 0 Å². The molecular formula is C25H25N5O4. The first-order chi connectivity index (χ1) is 16.4. The molecule has 34 heavy (non-hydrogen) atoms. The van der Waals surface area contributed by atoms with Gasteiger partial charge >= 0.3 is 11.7 Å². The lowest BCUT2D eigenvalue weighted by Crippen LogP contribution is -2.48. The number of carboxylic acid groups (broad SMARTS) is 1. The Hall–Kier alpha value is -4.16. The minimum atomic E-state index is -1.13. The van der Waals surface area contributed by atoms with Crippen LogP contribution in [0.4, 0.5) is 5.82 Å². The van der Waals surface area contributed by atoms with Crippen molar-refractivity contribution < 1.29 is 9.90 Å². The molecule has 0 bridgehead atoms. The zero-order chi connectivity index (χ0) is 24.2. The maximum Gasteiger partial charge on any atom is 0.336 e. The third kappa shape index (κ3) is 4.63. The fourth-order valence-electron chi connectivity index (χ4n) is 4.35. The van der Waals surface area contributed by atoms with Crippen LogP contribution in [-0.4, -0.2) is 39.3 Å². The van der Waals surface area contributed by atoms with Crippen molar-refractivity contribution in [2.45, 2.75) is 32.0 Å². The summed E-state index contributed by atoms with van der Waals surface area (Å²) < 4.78 is 2.50. The Balaban J connectivity index is 1.86. The molecule has 0 aliphatic carbocycles. The zero-order valence-corrected chi connectivity index (χ0v) is 18.6. The predicted molar refractivity (Wildman–Crippen MR) is 127 cm³/mol. The Morgan fingerprint density at radius 3 is 2.44 bits per heavy atom. The van der Waals surface area contributed by atoms with Crippen LogP contribution in [0.5, 0.6) is 0 Å². The van der Waals surface area contributed by atoms with E-state index in [0.717, 1.165) is 17.4 Å². The Kier molecular flexibility index (Phi) is 6.61. The second-order valence-corrected chi connectivity index (χ2v) is 8.38. The van der Waals surface area contributed by atoms with Gasteiger partial charge in [-0.25, -0.2) is 9.59 Å². The number of carboxylic acids is 1. The lowest BCUT2D eigenvalue weighted by atomic mass is 10.1. The third-order valence-electron chi connectivity index (χ3n) is 6.08. The molecule has 0 spiro atoms. The molecule has 1 aliphatic rings. The lowest BCUT2D eigenvalue weighted by Gasteiger charge is -2.34. The Morgan fingerprint density at radius 2 is 1.74 bits per heavy atom. The molecule has 1 unspecified atom stereocenters. The van der Waals surface area contributed by atoms with Crippen LogP contribution in [0.2, 0.25) is 0 Å². The van der Waals surface area contributed by atoms with E-state index in [-0.39, 0.29) is 24.7 Å². The smallest absolute Gasteiger partial charge is 0.336 e. The van der Waals surface area contributed by atoms with E-state index in [2.05, 4.69) is 6.07 Å². The molecule has 0 saturated carbocycles. The SMILES string of the molecule is N#Cc1ccccc1Cn1c(N2CCCC(N)C2)cc(=O)n(Cc2ccccc2C(=O)O)c1=O. The summed E-state index contributed by atoms with van der Waals surface area (Å²) in [5, 5.41) is 19.0. The van der Waals surface area contributed by atoms with Gasteiger partial charge in [0.1, 0.15) is 5.82 Å². The summed E-state index contributed by atoms with van der Waals surface area (Å²) in [6.45, 7) is 1.06. The van der Waals surface area contributed by atoms with Crippen molar-refractivity contribution in [2.75, 3.05) is 18.0 Å². The van der Waals surface area contributed by atoms with E-state index in [1.807, 2.05) is 4.90 Å². The average Bonchev–Trinajstić information content (AvgIpc) is 2.83. The van der Waals surface area contributed by atoms with E-state index in [0.29, 0.717) is 35.6 Å². The van der Waals surface area contributed by atoms with Gasteiger partial charge in [-0.3, -0.25) is 13.9 Å². The van der Waals surface area contributed by atoms with Crippen LogP contribution in [0.3, 0.4) is 0 Å². The van der Waals surface area contributed by atoms with Crippen LogP contribution in [0.15, 0.2) is 64.2 Å². The molecule has 1 fully saturated rings. The van der Waals surface area contributed by atoms with E-state index in [4.69, 9.17) is 5.73 Å². The van der Waals surface area contributed by atoms with Gasteiger partial charge in [0, 0.05) is 25.2 Å². The first kappa shape index (κ1) is 23.0. The average molecular weight is 460 g/mol. The quantitative estimate of drug-likeness (QED) is 0.572. The maximum atomic E-state index is 13.7. The van der Waals surface area contributed by atoms with Gasteiger partial charge in [0.15, 0.2) is 0 Å². The number of carbonyl (C=O) groups is 1. The molecule has 9 heteroatoms. The summed E-state index contributed by atoms with van der Waals surface area (Å²) >= 11 is 0. The van der Waals surface area contributed by atoms with Gasteiger partial charge in [-0.05, 0) is 36.1 Å². The van der Waals surface area contributed by atoms with Gasteiger partial charge in [0.05, 0.1) is 30.3 Å². The zero-order valence-electron chi connectivity index (χ0n) is 18.6. The van der Waals surface area contributed by atoms with E-state index in [1.54, 1.807) is 42.5 Å². The number of hydrogen-bond donors (Lipinski definition) is 2. The summed E-state index contributed by atoms with van der Waals surface area (Å²) in [6.07, 6.45) is 1.69. The van der Waals surface area contributed by atoms with Crippen molar-refractivity contribution >= 4 is 11.8 Å². The van der Waals surface area contributed by atoms with Crippen molar-refractivity contribution in [3.8, 4) is 6.07 Å². The second kappa shape index (κ2) is 9.77. The molecule has 0 amide bonds. The molecule has 1 saturated heterocycles. The van der Waals surface area contributed by atoms with Crippen molar-refractivity contribution in [3.05, 3.63) is 97.7 Å². The molecule has 2 heterocycles. The molecule has 3 N–H and O–H groups in total. The maximum absolute atomic E-state index is 13.7. The number of aromatic carboxylic acids is 1. The Bertz CT molecular complexity index is 1390. The highest BCUT2D eigenvalue weighted by Crippen LogP contribution is 2.19. The number of hydrogen-bond acceptors (Lipinski definition) is 6. The number of nitrogens with two attached hydrogens (primary N) is 1. The second-order valence-electron chi connectivity index (χ2n) is 8.38. The molecule has 1 aromatic heterocycles. The molecule has 2 aromatic carbocycles. The fraction of sp³-hybridized carbons (Fsp3) is 0.280. The van der Waals surface area contributed by atoms with Gasteiger partial charge < -0.3 is 15.7 Å². The van der Waals surface area contributed by atoms with Crippen molar-refractivity contribution in [2.24, 2.45) is 5.73 Å². The Morgan fingerprint density at radius 1 is 1.06 bits per heavy atom. The highest BCUT2D eigenvalue weighted by atomic mass is 16.4. The van der Waals surface area contributed by atoms with Gasteiger partial charge in [-0.2, -0.15) is 5.26 Å². The largest absolute Gasteiger partial charge is 0.478 e. The van der Waals surface area contributed by atoms with Crippen molar-refractivity contribution in [3.63, 3.8) is 0 Å². The number of anilines is 1. The summed E-state index contributed by atoms with van der Waals surface area (Å²) in [4.78, 5) is 40.3. The number of rotatable bonds is 6. The summed E-state index contributed by atoms with van der Waals surface area (Å²) in [5.41, 5.74) is 6.52. The van der Waals surface area contributed by atoms with Crippen LogP contribution < -0.4 is 21.9 Å². The van der Waals surface area contributed by atoms with Gasteiger partial charge in [0.25, 0.3) is 5.56 Å². The highest BCUT2D eigenvalue weighted by molar-refractivity contribution is 5.89. The molecule has 174 valence electrons. The van der Waals surface area contributed by atoms with Crippen LogP contribution in [0.1, 0.15) is 39.9 Å². The van der Waals surface area contributed by atoms with E-state index in [1.165, 1.54) is 16.7 Å². The summed E-state index contributed by atoms with van der Waals surface area (Å²) in [5.74, 6) is -0.688. The number of nitrogens with zero attached hydrogens (tertiary/aromatic N) is 4. The topological polar surface area (TPSA) is 134 Å². The first-order valence-electron chi connectivity index (χ1n) is 11.0. The van der Waals surface area contributed by atoms with E-state index in [9.17, 15) is 24.8 Å². The minimum absolute atomic E-state index is 0.0289. The third-order valence-corrected chi connectivity index (χ3v) is 6.08. The summed E-state index contributed by atoms with van der Waals surface area (Å²) in [6, 6.07) is 16.7. The van der Waals surface area contributed by atoms with Gasteiger partial charge in [0.2, 0.25) is 0 Å². The fourth-order valence-corrected chi connectivity index (χ4v) is 4.35. The number of nitriles is 1.